The fourth-order valence-electron chi connectivity index (χ4n) is 3.54. The summed E-state index contributed by atoms with van der Waals surface area (Å²) in [6.07, 6.45) is 5.51. The Hall–Kier alpha value is -3.34. The number of nitro benzene ring substituents is 2. The molecular formula is C20H21N3O7S. The minimum absolute atomic E-state index is 0.175. The number of nitrogens with one attached hydrogen (secondary N) is 1. The molecule has 0 atom stereocenters. The maximum atomic E-state index is 12.8. The molecule has 0 saturated carbocycles. The first-order chi connectivity index (χ1) is 14.8. The van der Waals surface area contributed by atoms with Crippen molar-refractivity contribution in [1.29, 1.82) is 0 Å². The number of non-ortho nitro benzene ring substituents is 2. The molecule has 1 heterocycles. The van der Waals surface area contributed by atoms with Gasteiger partial charge in [-0.25, -0.2) is 4.79 Å². The second kappa shape index (κ2) is 9.65. The molecular weight excluding hydrogens is 426 g/mol. The van der Waals surface area contributed by atoms with Crippen LogP contribution in [-0.2, 0) is 17.6 Å². The predicted molar refractivity (Wildman–Crippen MR) is 114 cm³/mol. The second-order valence-electron chi connectivity index (χ2n) is 7.05. The first kappa shape index (κ1) is 22.3. The number of esters is 1. The quantitative estimate of drug-likeness (QED) is 0.386. The summed E-state index contributed by atoms with van der Waals surface area (Å²) in [6.45, 7) is 1.86. The number of nitrogens with zero attached hydrogens (tertiary/aromatic N) is 2. The molecule has 1 aromatic carbocycles. The summed E-state index contributed by atoms with van der Waals surface area (Å²) in [5, 5.41) is 25.2. The highest BCUT2D eigenvalue weighted by molar-refractivity contribution is 7.17. The van der Waals surface area contributed by atoms with Gasteiger partial charge >= 0.3 is 5.97 Å². The first-order valence-corrected chi connectivity index (χ1v) is 10.7. The maximum Gasteiger partial charge on any atom is 0.341 e. The van der Waals surface area contributed by atoms with Crippen molar-refractivity contribution in [2.45, 2.75) is 45.4 Å². The monoisotopic (exact) mass is 447 g/mol. The van der Waals surface area contributed by atoms with Crippen LogP contribution in [-0.4, -0.2) is 28.3 Å². The maximum absolute atomic E-state index is 12.8. The van der Waals surface area contributed by atoms with E-state index in [2.05, 4.69) is 5.32 Å². The van der Waals surface area contributed by atoms with Crippen molar-refractivity contribution in [3.8, 4) is 0 Å². The van der Waals surface area contributed by atoms with E-state index in [9.17, 15) is 29.8 Å². The number of anilines is 1. The Labute approximate surface area is 181 Å². The number of fused-ring (bicyclic) bond motifs is 1. The largest absolute Gasteiger partial charge is 0.462 e. The second-order valence-corrected chi connectivity index (χ2v) is 8.15. The Morgan fingerprint density at radius 1 is 1.03 bits per heavy atom. The zero-order valence-electron chi connectivity index (χ0n) is 16.8. The molecule has 0 aliphatic heterocycles. The van der Waals surface area contributed by atoms with Gasteiger partial charge in [-0.05, 0) is 38.2 Å². The minimum atomic E-state index is -0.801. The lowest BCUT2D eigenvalue weighted by Crippen LogP contribution is -2.16. The molecule has 1 aliphatic rings. The molecule has 11 heteroatoms. The molecule has 1 aromatic heterocycles. The van der Waals surface area contributed by atoms with Crippen LogP contribution in [0.3, 0.4) is 0 Å². The van der Waals surface area contributed by atoms with Crippen molar-refractivity contribution in [2.24, 2.45) is 0 Å². The fourth-order valence-corrected chi connectivity index (χ4v) is 4.81. The van der Waals surface area contributed by atoms with Gasteiger partial charge in [0.1, 0.15) is 5.00 Å². The highest BCUT2D eigenvalue weighted by Gasteiger charge is 2.27. The molecule has 0 bridgehead atoms. The molecule has 1 aliphatic carbocycles. The number of rotatable bonds is 6. The third-order valence-corrected chi connectivity index (χ3v) is 6.17. The van der Waals surface area contributed by atoms with Crippen molar-refractivity contribution in [2.75, 3.05) is 11.9 Å². The molecule has 0 radical (unpaired) electrons. The number of thiophene rings is 1. The number of ether oxygens (including phenoxy) is 1. The fraction of sp³-hybridized carbons (Fsp3) is 0.400. The lowest BCUT2D eigenvalue weighted by Gasteiger charge is -2.11. The lowest BCUT2D eigenvalue weighted by atomic mass is 9.96. The average molecular weight is 447 g/mol. The van der Waals surface area contributed by atoms with Crippen molar-refractivity contribution >= 4 is 39.6 Å². The molecule has 1 N–H and O–H groups in total. The van der Waals surface area contributed by atoms with Gasteiger partial charge in [0.05, 0.1) is 33.6 Å². The molecule has 0 saturated heterocycles. The molecule has 0 unspecified atom stereocenters. The van der Waals surface area contributed by atoms with E-state index < -0.39 is 33.1 Å². The molecule has 164 valence electrons. The predicted octanol–water partition coefficient (Wildman–Crippen LogP) is 4.65. The summed E-state index contributed by atoms with van der Waals surface area (Å²) < 4.78 is 5.19. The third-order valence-electron chi connectivity index (χ3n) is 4.96. The van der Waals surface area contributed by atoms with E-state index in [1.165, 1.54) is 11.3 Å². The van der Waals surface area contributed by atoms with Crippen LogP contribution < -0.4 is 5.32 Å². The van der Waals surface area contributed by atoms with Crippen LogP contribution in [0.25, 0.3) is 0 Å². The van der Waals surface area contributed by atoms with Crippen LogP contribution in [0.15, 0.2) is 18.2 Å². The highest BCUT2D eigenvalue weighted by atomic mass is 32.1. The number of amides is 1. The van der Waals surface area contributed by atoms with Crippen molar-refractivity contribution in [3.05, 3.63) is 60.0 Å². The van der Waals surface area contributed by atoms with E-state index in [0.29, 0.717) is 17.0 Å². The van der Waals surface area contributed by atoms with Gasteiger partial charge in [0.25, 0.3) is 17.3 Å². The van der Waals surface area contributed by atoms with E-state index in [4.69, 9.17) is 4.74 Å². The number of hydrogen-bond acceptors (Lipinski definition) is 8. The van der Waals surface area contributed by atoms with Gasteiger partial charge in [0.15, 0.2) is 0 Å². The normalized spacial score (nSPS) is 13.5. The van der Waals surface area contributed by atoms with Gasteiger partial charge in [-0.1, -0.05) is 12.8 Å². The Kier molecular flexibility index (Phi) is 6.95. The van der Waals surface area contributed by atoms with E-state index in [0.717, 1.165) is 60.7 Å². The Bertz CT molecular complexity index is 1020. The number of aryl methyl sites for hydroxylation is 1. The van der Waals surface area contributed by atoms with Crippen LogP contribution in [0.1, 0.15) is 63.8 Å². The van der Waals surface area contributed by atoms with Crippen molar-refractivity contribution in [1.82, 2.24) is 0 Å². The summed E-state index contributed by atoms with van der Waals surface area (Å²) in [7, 11) is 0. The number of benzene rings is 1. The summed E-state index contributed by atoms with van der Waals surface area (Å²) in [5.41, 5.74) is -0.205. The van der Waals surface area contributed by atoms with Gasteiger partial charge in [-0.2, -0.15) is 0 Å². The molecule has 3 rings (SSSR count). The molecule has 2 aromatic rings. The molecule has 0 fully saturated rings. The van der Waals surface area contributed by atoms with Crippen LogP contribution >= 0.6 is 11.3 Å². The minimum Gasteiger partial charge on any atom is -0.462 e. The Balaban J connectivity index is 2.01. The molecule has 1 amide bonds. The van der Waals surface area contributed by atoms with Gasteiger partial charge in [0, 0.05) is 17.0 Å². The van der Waals surface area contributed by atoms with Crippen molar-refractivity contribution in [3.63, 3.8) is 0 Å². The Morgan fingerprint density at radius 2 is 1.65 bits per heavy atom. The molecule has 31 heavy (non-hydrogen) atoms. The average Bonchev–Trinajstić information content (AvgIpc) is 3.03. The van der Waals surface area contributed by atoms with E-state index in [1.54, 1.807) is 6.92 Å². The van der Waals surface area contributed by atoms with Crippen LogP contribution in [0.5, 0.6) is 0 Å². The first-order valence-electron chi connectivity index (χ1n) is 9.88. The van der Waals surface area contributed by atoms with Crippen LogP contribution in [0.4, 0.5) is 16.4 Å². The SMILES string of the molecule is CCOC(=O)c1c(NC(=O)c2cc([N+](=O)[O-])cc([N+](=O)[O-])c2)sc2c1CCCCCC2. The summed E-state index contributed by atoms with van der Waals surface area (Å²) >= 11 is 1.28. The summed E-state index contributed by atoms with van der Waals surface area (Å²) in [4.78, 5) is 47.1. The van der Waals surface area contributed by atoms with Gasteiger partial charge in [-0.3, -0.25) is 25.0 Å². The summed E-state index contributed by atoms with van der Waals surface area (Å²) in [5.74, 6) is -1.31. The van der Waals surface area contributed by atoms with E-state index in [-0.39, 0.29) is 12.2 Å². The van der Waals surface area contributed by atoms with Gasteiger partial charge in [-0.15, -0.1) is 11.3 Å². The van der Waals surface area contributed by atoms with Gasteiger partial charge < -0.3 is 10.1 Å². The topological polar surface area (TPSA) is 142 Å². The number of carbonyl (C=O) groups is 2. The zero-order valence-corrected chi connectivity index (χ0v) is 17.7. The third kappa shape index (κ3) is 5.05. The standard InChI is InChI=1S/C20H21N3O7S/c1-2-30-20(25)17-15-7-5-3-4-6-8-16(15)31-19(17)21-18(24)12-9-13(22(26)27)11-14(10-12)23(28)29/h9-11H,2-8H2,1H3,(H,21,24). The molecule has 10 nitrogen and oxygen atoms in total. The number of carbonyl (C=O) groups excluding carboxylic acids is 2. The lowest BCUT2D eigenvalue weighted by molar-refractivity contribution is -0.394. The van der Waals surface area contributed by atoms with Gasteiger partial charge in [0.2, 0.25) is 0 Å². The smallest absolute Gasteiger partial charge is 0.341 e. The van der Waals surface area contributed by atoms with Crippen LogP contribution in [0.2, 0.25) is 0 Å². The van der Waals surface area contributed by atoms with E-state index in [1.807, 2.05) is 0 Å². The van der Waals surface area contributed by atoms with E-state index >= 15 is 0 Å². The van der Waals surface area contributed by atoms with Crippen LogP contribution in [0, 0.1) is 20.2 Å². The number of nitro groups is 2. The molecule has 0 spiro atoms. The highest BCUT2D eigenvalue weighted by Crippen LogP contribution is 2.38. The number of hydrogen-bond donors (Lipinski definition) is 1. The summed E-state index contributed by atoms with van der Waals surface area (Å²) in [6, 6.07) is 2.73. The van der Waals surface area contributed by atoms with Crippen molar-refractivity contribution < 1.29 is 24.2 Å². The zero-order chi connectivity index (χ0) is 22.5. The Morgan fingerprint density at radius 3 is 2.23 bits per heavy atom.